The fourth-order valence-corrected chi connectivity index (χ4v) is 5.15. The Labute approximate surface area is 135 Å². The van der Waals surface area contributed by atoms with Crippen molar-refractivity contribution in [2.75, 3.05) is 0 Å². The monoisotopic (exact) mass is 320 g/mol. The molecule has 0 bridgehead atoms. The van der Waals surface area contributed by atoms with E-state index in [2.05, 4.69) is 37.6 Å². The van der Waals surface area contributed by atoms with Gasteiger partial charge < -0.3 is 5.73 Å². The fraction of sp³-hybridized carbons (Fsp3) is 0.588. The molecule has 0 aromatic carbocycles. The predicted octanol–water partition coefficient (Wildman–Crippen LogP) is 4.49. The van der Waals surface area contributed by atoms with Crippen LogP contribution in [0.2, 0.25) is 0 Å². The molecule has 2 N–H and O–H groups in total. The number of aromatic nitrogens is 1. The third-order valence-corrected chi connectivity index (χ3v) is 6.21. The van der Waals surface area contributed by atoms with Gasteiger partial charge in [-0.3, -0.25) is 0 Å². The molecule has 0 radical (unpaired) electrons. The largest absolute Gasteiger partial charge is 0.327 e. The van der Waals surface area contributed by atoms with Crippen molar-refractivity contribution >= 4 is 22.7 Å². The predicted molar refractivity (Wildman–Crippen MR) is 92.5 cm³/mol. The van der Waals surface area contributed by atoms with Gasteiger partial charge in [-0.2, -0.15) is 0 Å². The SMILES string of the molecule is CC(C)(C)c1csc(CC(N)C2CCCc3sccc32)n1. The zero-order chi connectivity index (χ0) is 15.0. The maximum absolute atomic E-state index is 6.54. The summed E-state index contributed by atoms with van der Waals surface area (Å²) in [6, 6.07) is 2.48. The average molecular weight is 321 g/mol. The average Bonchev–Trinajstić information content (AvgIpc) is 3.05. The Morgan fingerprint density at radius 2 is 2.19 bits per heavy atom. The van der Waals surface area contributed by atoms with Crippen molar-refractivity contribution in [2.45, 2.75) is 63.8 Å². The summed E-state index contributed by atoms with van der Waals surface area (Å²) >= 11 is 3.66. The zero-order valence-electron chi connectivity index (χ0n) is 13.1. The molecule has 4 heteroatoms. The summed E-state index contributed by atoms with van der Waals surface area (Å²) in [7, 11) is 0. The molecule has 2 aromatic rings. The summed E-state index contributed by atoms with van der Waals surface area (Å²) in [4.78, 5) is 6.35. The third-order valence-electron chi connectivity index (χ3n) is 4.35. The van der Waals surface area contributed by atoms with Gasteiger partial charge in [0.2, 0.25) is 0 Å². The summed E-state index contributed by atoms with van der Waals surface area (Å²) in [5, 5.41) is 5.60. The van der Waals surface area contributed by atoms with Crippen molar-refractivity contribution in [3.05, 3.63) is 38.0 Å². The Kier molecular flexibility index (Phi) is 4.21. The van der Waals surface area contributed by atoms with Gasteiger partial charge in [0.1, 0.15) is 0 Å². The molecule has 2 aromatic heterocycles. The molecular formula is C17H24N2S2. The van der Waals surface area contributed by atoms with Crippen LogP contribution in [0.3, 0.4) is 0 Å². The standard InChI is InChI=1S/C17H24N2S2/c1-17(2,3)15-10-21-16(19-15)9-13(18)11-5-4-6-14-12(11)7-8-20-14/h7-8,10-11,13H,4-6,9,18H2,1-3H3. The lowest BCUT2D eigenvalue weighted by atomic mass is 9.82. The van der Waals surface area contributed by atoms with Crippen molar-refractivity contribution in [1.82, 2.24) is 4.98 Å². The van der Waals surface area contributed by atoms with Crippen LogP contribution in [0.15, 0.2) is 16.8 Å². The Balaban J connectivity index is 1.73. The van der Waals surface area contributed by atoms with Gasteiger partial charge in [0.25, 0.3) is 0 Å². The summed E-state index contributed by atoms with van der Waals surface area (Å²) in [6.45, 7) is 6.64. The molecule has 2 unspecified atom stereocenters. The number of rotatable bonds is 3. The van der Waals surface area contributed by atoms with Gasteiger partial charge in [-0.05, 0) is 36.3 Å². The molecule has 1 aliphatic carbocycles. The first-order chi connectivity index (χ1) is 9.95. The van der Waals surface area contributed by atoms with Gasteiger partial charge in [0, 0.05) is 34.1 Å². The minimum absolute atomic E-state index is 0.129. The second-order valence-corrected chi connectivity index (χ2v) is 8.99. The van der Waals surface area contributed by atoms with Gasteiger partial charge in [0.05, 0.1) is 10.7 Å². The van der Waals surface area contributed by atoms with E-state index in [0.717, 1.165) is 6.42 Å². The molecule has 2 atom stereocenters. The summed E-state index contributed by atoms with van der Waals surface area (Å²) in [6.07, 6.45) is 4.64. The number of hydrogen-bond donors (Lipinski definition) is 1. The number of fused-ring (bicyclic) bond motifs is 1. The summed E-state index contributed by atoms with van der Waals surface area (Å²) in [5.41, 5.74) is 9.37. The highest BCUT2D eigenvalue weighted by Gasteiger charge is 2.27. The van der Waals surface area contributed by atoms with E-state index in [1.807, 2.05) is 11.3 Å². The molecule has 3 rings (SSSR count). The molecule has 0 fully saturated rings. The van der Waals surface area contributed by atoms with Crippen LogP contribution in [0.25, 0.3) is 0 Å². The highest BCUT2D eigenvalue weighted by Crippen LogP contribution is 2.37. The van der Waals surface area contributed by atoms with Crippen LogP contribution in [0, 0.1) is 0 Å². The molecule has 0 saturated carbocycles. The van der Waals surface area contributed by atoms with Crippen LogP contribution >= 0.6 is 22.7 Å². The minimum Gasteiger partial charge on any atom is -0.327 e. The lowest BCUT2D eigenvalue weighted by Crippen LogP contribution is -2.32. The molecule has 0 aliphatic heterocycles. The van der Waals surface area contributed by atoms with Crippen LogP contribution in [0.1, 0.15) is 60.7 Å². The Hall–Kier alpha value is -0.710. The zero-order valence-corrected chi connectivity index (χ0v) is 14.7. The van der Waals surface area contributed by atoms with Crippen molar-refractivity contribution in [2.24, 2.45) is 5.73 Å². The molecule has 1 aliphatic rings. The quantitative estimate of drug-likeness (QED) is 0.905. The molecule has 2 heterocycles. The topological polar surface area (TPSA) is 38.9 Å². The van der Waals surface area contributed by atoms with Gasteiger partial charge in [-0.25, -0.2) is 4.98 Å². The third kappa shape index (κ3) is 3.22. The van der Waals surface area contributed by atoms with Gasteiger partial charge in [-0.15, -0.1) is 22.7 Å². The van der Waals surface area contributed by atoms with Crippen molar-refractivity contribution < 1.29 is 0 Å². The second kappa shape index (κ2) is 5.82. The minimum atomic E-state index is 0.129. The number of nitrogens with zero attached hydrogens (tertiary/aromatic N) is 1. The van der Waals surface area contributed by atoms with E-state index < -0.39 is 0 Å². The normalized spacial score (nSPS) is 20.3. The first kappa shape index (κ1) is 15.2. The Bertz CT molecular complexity index is 606. The van der Waals surface area contributed by atoms with Crippen LogP contribution in [0.4, 0.5) is 0 Å². The lowest BCUT2D eigenvalue weighted by Gasteiger charge is -2.27. The first-order valence-corrected chi connectivity index (χ1v) is 9.48. The molecule has 114 valence electrons. The maximum atomic E-state index is 6.54. The van der Waals surface area contributed by atoms with E-state index >= 15 is 0 Å². The van der Waals surface area contributed by atoms with E-state index in [-0.39, 0.29) is 11.5 Å². The number of hydrogen-bond acceptors (Lipinski definition) is 4. The molecular weight excluding hydrogens is 296 g/mol. The molecule has 2 nitrogen and oxygen atoms in total. The van der Waals surface area contributed by atoms with Gasteiger partial charge in [0.15, 0.2) is 0 Å². The number of thiophene rings is 1. The van der Waals surface area contributed by atoms with Crippen LogP contribution in [-0.2, 0) is 18.3 Å². The van der Waals surface area contributed by atoms with Gasteiger partial charge >= 0.3 is 0 Å². The van der Waals surface area contributed by atoms with Gasteiger partial charge in [-0.1, -0.05) is 20.8 Å². The van der Waals surface area contributed by atoms with Crippen molar-refractivity contribution in [3.8, 4) is 0 Å². The lowest BCUT2D eigenvalue weighted by molar-refractivity contribution is 0.462. The molecule has 0 spiro atoms. The van der Waals surface area contributed by atoms with Crippen LogP contribution < -0.4 is 5.73 Å². The summed E-state index contributed by atoms with van der Waals surface area (Å²) in [5.74, 6) is 0.516. The number of thiazole rings is 1. The second-order valence-electron chi connectivity index (χ2n) is 7.04. The van der Waals surface area contributed by atoms with E-state index in [0.29, 0.717) is 5.92 Å². The molecule has 0 saturated heterocycles. The highest BCUT2D eigenvalue weighted by molar-refractivity contribution is 7.10. The van der Waals surface area contributed by atoms with E-state index in [4.69, 9.17) is 10.7 Å². The fourth-order valence-electron chi connectivity index (χ4n) is 3.06. The van der Waals surface area contributed by atoms with Crippen molar-refractivity contribution in [3.63, 3.8) is 0 Å². The van der Waals surface area contributed by atoms with E-state index in [9.17, 15) is 0 Å². The number of nitrogens with two attached hydrogens (primary N) is 1. The Morgan fingerprint density at radius 1 is 1.38 bits per heavy atom. The van der Waals surface area contributed by atoms with Crippen LogP contribution in [0.5, 0.6) is 0 Å². The van der Waals surface area contributed by atoms with Crippen LogP contribution in [-0.4, -0.2) is 11.0 Å². The summed E-state index contributed by atoms with van der Waals surface area (Å²) < 4.78 is 0. The Morgan fingerprint density at radius 3 is 2.90 bits per heavy atom. The highest BCUT2D eigenvalue weighted by atomic mass is 32.1. The van der Waals surface area contributed by atoms with E-state index in [1.165, 1.54) is 35.5 Å². The molecule has 0 amide bonds. The smallest absolute Gasteiger partial charge is 0.0944 e. The molecule has 21 heavy (non-hydrogen) atoms. The van der Waals surface area contributed by atoms with Crippen molar-refractivity contribution in [1.29, 1.82) is 0 Å². The maximum Gasteiger partial charge on any atom is 0.0944 e. The van der Waals surface area contributed by atoms with E-state index in [1.54, 1.807) is 16.2 Å². The number of aryl methyl sites for hydroxylation is 1. The first-order valence-electron chi connectivity index (χ1n) is 7.72.